The fourth-order valence-electron chi connectivity index (χ4n) is 2.71. The molecule has 0 saturated heterocycles. The summed E-state index contributed by atoms with van der Waals surface area (Å²) < 4.78 is 2.13. The van der Waals surface area contributed by atoms with E-state index < -0.39 is 0 Å². The quantitative estimate of drug-likeness (QED) is 0.817. The van der Waals surface area contributed by atoms with Crippen molar-refractivity contribution in [2.45, 2.75) is 31.7 Å². The van der Waals surface area contributed by atoms with E-state index in [1.807, 2.05) is 18.3 Å². The first-order valence-electron chi connectivity index (χ1n) is 5.64. The summed E-state index contributed by atoms with van der Waals surface area (Å²) in [5.41, 5.74) is 6.40. The SMILES string of the molecule is N#Cc1cccn1C1CCCC1CCN. The Morgan fingerprint density at radius 3 is 3.13 bits per heavy atom. The van der Waals surface area contributed by atoms with E-state index in [2.05, 4.69) is 10.6 Å². The van der Waals surface area contributed by atoms with Crippen molar-refractivity contribution in [3.05, 3.63) is 24.0 Å². The molecule has 2 atom stereocenters. The van der Waals surface area contributed by atoms with Crippen molar-refractivity contribution in [1.29, 1.82) is 5.26 Å². The Hall–Kier alpha value is -1.27. The van der Waals surface area contributed by atoms with E-state index >= 15 is 0 Å². The Labute approximate surface area is 90.5 Å². The summed E-state index contributed by atoms with van der Waals surface area (Å²) in [5.74, 6) is 0.662. The monoisotopic (exact) mass is 203 g/mol. The number of aromatic nitrogens is 1. The van der Waals surface area contributed by atoms with Gasteiger partial charge in [-0.25, -0.2) is 0 Å². The summed E-state index contributed by atoms with van der Waals surface area (Å²) >= 11 is 0. The third-order valence-electron chi connectivity index (χ3n) is 3.41. The zero-order chi connectivity index (χ0) is 10.7. The summed E-state index contributed by atoms with van der Waals surface area (Å²) in [6, 6.07) is 6.59. The van der Waals surface area contributed by atoms with Crippen molar-refractivity contribution in [3.8, 4) is 6.07 Å². The van der Waals surface area contributed by atoms with Crippen molar-refractivity contribution in [3.63, 3.8) is 0 Å². The highest BCUT2D eigenvalue weighted by atomic mass is 15.0. The van der Waals surface area contributed by atoms with E-state index in [9.17, 15) is 0 Å². The Balaban J connectivity index is 2.19. The molecule has 0 spiro atoms. The fourth-order valence-corrected chi connectivity index (χ4v) is 2.71. The Morgan fingerprint density at radius 2 is 2.40 bits per heavy atom. The van der Waals surface area contributed by atoms with Gasteiger partial charge in [0.25, 0.3) is 0 Å². The molecule has 1 aliphatic rings. The van der Waals surface area contributed by atoms with E-state index in [0.29, 0.717) is 12.0 Å². The minimum atomic E-state index is 0.498. The molecule has 0 aliphatic heterocycles. The van der Waals surface area contributed by atoms with Crippen molar-refractivity contribution in [2.75, 3.05) is 6.54 Å². The van der Waals surface area contributed by atoms with Crippen molar-refractivity contribution in [1.82, 2.24) is 4.57 Å². The van der Waals surface area contributed by atoms with Crippen LogP contribution in [0.15, 0.2) is 18.3 Å². The smallest absolute Gasteiger partial charge is 0.120 e. The average molecular weight is 203 g/mol. The van der Waals surface area contributed by atoms with E-state index in [1.165, 1.54) is 19.3 Å². The summed E-state index contributed by atoms with van der Waals surface area (Å²) in [6.07, 6.45) is 6.81. The molecule has 2 unspecified atom stereocenters. The molecule has 2 N–H and O–H groups in total. The zero-order valence-corrected chi connectivity index (χ0v) is 8.89. The minimum absolute atomic E-state index is 0.498. The standard InChI is InChI=1S/C12H17N3/c13-7-6-10-3-1-5-12(10)15-8-2-4-11(15)9-14/h2,4,8,10,12H,1,3,5-7,13H2. The van der Waals surface area contributed by atoms with Gasteiger partial charge in [0.1, 0.15) is 11.8 Å². The molecular formula is C12H17N3. The Morgan fingerprint density at radius 1 is 1.53 bits per heavy atom. The topological polar surface area (TPSA) is 54.7 Å². The van der Waals surface area contributed by atoms with Gasteiger partial charge in [0.15, 0.2) is 0 Å². The molecule has 1 aliphatic carbocycles. The molecule has 0 aromatic carbocycles. The molecule has 3 nitrogen and oxygen atoms in total. The van der Waals surface area contributed by atoms with Gasteiger partial charge in [0, 0.05) is 12.2 Å². The maximum absolute atomic E-state index is 8.99. The summed E-state index contributed by atoms with van der Waals surface area (Å²) in [4.78, 5) is 0. The van der Waals surface area contributed by atoms with Gasteiger partial charge in [0.05, 0.1) is 0 Å². The normalized spacial score (nSPS) is 25.3. The maximum Gasteiger partial charge on any atom is 0.120 e. The number of hydrogen-bond acceptors (Lipinski definition) is 2. The second-order valence-corrected chi connectivity index (χ2v) is 4.25. The van der Waals surface area contributed by atoms with Crippen LogP contribution in [-0.4, -0.2) is 11.1 Å². The van der Waals surface area contributed by atoms with Crippen LogP contribution in [0.25, 0.3) is 0 Å². The molecule has 1 saturated carbocycles. The second kappa shape index (κ2) is 4.50. The molecule has 0 amide bonds. The maximum atomic E-state index is 8.99. The molecule has 0 bridgehead atoms. The Bertz CT molecular complexity index is 361. The van der Waals surface area contributed by atoms with E-state index in [4.69, 9.17) is 11.0 Å². The predicted octanol–water partition coefficient (Wildman–Crippen LogP) is 2.05. The molecule has 15 heavy (non-hydrogen) atoms. The third kappa shape index (κ3) is 1.91. The van der Waals surface area contributed by atoms with Crippen LogP contribution in [0, 0.1) is 17.2 Å². The molecule has 1 heterocycles. The molecule has 1 fully saturated rings. The first kappa shape index (κ1) is 10.3. The molecule has 1 aromatic rings. The summed E-state index contributed by atoms with van der Waals surface area (Å²) in [7, 11) is 0. The molecule has 0 radical (unpaired) electrons. The highest BCUT2D eigenvalue weighted by Gasteiger charge is 2.28. The van der Waals surface area contributed by atoms with Gasteiger partial charge >= 0.3 is 0 Å². The number of nitrogens with zero attached hydrogens (tertiary/aromatic N) is 2. The van der Waals surface area contributed by atoms with Crippen LogP contribution >= 0.6 is 0 Å². The third-order valence-corrected chi connectivity index (χ3v) is 3.41. The molecule has 1 aromatic heterocycles. The van der Waals surface area contributed by atoms with Gasteiger partial charge in [0.2, 0.25) is 0 Å². The van der Waals surface area contributed by atoms with E-state index in [1.54, 1.807) is 0 Å². The molecule has 2 rings (SSSR count). The van der Waals surface area contributed by atoms with Crippen LogP contribution in [0.3, 0.4) is 0 Å². The first-order chi connectivity index (χ1) is 7.36. The lowest BCUT2D eigenvalue weighted by Crippen LogP contribution is -2.17. The highest BCUT2D eigenvalue weighted by molar-refractivity contribution is 5.23. The zero-order valence-electron chi connectivity index (χ0n) is 8.89. The van der Waals surface area contributed by atoms with Crippen molar-refractivity contribution >= 4 is 0 Å². The van der Waals surface area contributed by atoms with Gasteiger partial charge in [-0.1, -0.05) is 6.42 Å². The van der Waals surface area contributed by atoms with Gasteiger partial charge in [-0.2, -0.15) is 5.26 Å². The molecular weight excluding hydrogens is 186 g/mol. The largest absolute Gasteiger partial charge is 0.336 e. The van der Waals surface area contributed by atoms with Crippen LogP contribution in [0.1, 0.15) is 37.4 Å². The lowest BCUT2D eigenvalue weighted by Gasteiger charge is -2.21. The highest BCUT2D eigenvalue weighted by Crippen LogP contribution is 2.38. The first-order valence-corrected chi connectivity index (χ1v) is 5.64. The van der Waals surface area contributed by atoms with Crippen LogP contribution in [0.4, 0.5) is 0 Å². The fraction of sp³-hybridized carbons (Fsp3) is 0.583. The van der Waals surface area contributed by atoms with Gasteiger partial charge in [-0.15, -0.1) is 0 Å². The van der Waals surface area contributed by atoms with E-state index in [0.717, 1.165) is 18.7 Å². The predicted molar refractivity (Wildman–Crippen MR) is 59.2 cm³/mol. The number of nitriles is 1. The van der Waals surface area contributed by atoms with Gasteiger partial charge in [-0.05, 0) is 43.9 Å². The lowest BCUT2D eigenvalue weighted by atomic mass is 9.99. The van der Waals surface area contributed by atoms with Crippen LogP contribution in [-0.2, 0) is 0 Å². The van der Waals surface area contributed by atoms with Gasteiger partial charge in [-0.3, -0.25) is 0 Å². The number of nitrogens with two attached hydrogens (primary N) is 1. The van der Waals surface area contributed by atoms with E-state index in [-0.39, 0.29) is 0 Å². The van der Waals surface area contributed by atoms with Crippen LogP contribution in [0.5, 0.6) is 0 Å². The molecule has 3 heteroatoms. The van der Waals surface area contributed by atoms with Crippen LogP contribution < -0.4 is 5.73 Å². The summed E-state index contributed by atoms with van der Waals surface area (Å²) in [6.45, 7) is 0.754. The number of hydrogen-bond donors (Lipinski definition) is 1. The Kier molecular flexibility index (Phi) is 3.08. The van der Waals surface area contributed by atoms with Gasteiger partial charge < -0.3 is 10.3 Å². The molecule has 80 valence electrons. The van der Waals surface area contributed by atoms with Crippen molar-refractivity contribution < 1.29 is 0 Å². The lowest BCUT2D eigenvalue weighted by molar-refractivity contribution is 0.362. The number of rotatable bonds is 3. The summed E-state index contributed by atoms with van der Waals surface area (Å²) in [5, 5.41) is 8.99. The van der Waals surface area contributed by atoms with Crippen LogP contribution in [0.2, 0.25) is 0 Å². The minimum Gasteiger partial charge on any atom is -0.336 e. The average Bonchev–Trinajstić information content (AvgIpc) is 2.84. The van der Waals surface area contributed by atoms with Crippen molar-refractivity contribution in [2.24, 2.45) is 11.7 Å². The second-order valence-electron chi connectivity index (χ2n) is 4.25.